The average Bonchev–Trinajstić information content (AvgIpc) is 2.80. The minimum absolute atomic E-state index is 0.871. The summed E-state index contributed by atoms with van der Waals surface area (Å²) in [6.07, 6.45) is 0. The maximum absolute atomic E-state index is 4.82. The van der Waals surface area contributed by atoms with Crippen LogP contribution < -0.4 is 0 Å². The Morgan fingerprint density at radius 1 is 0.433 bits per heavy atom. The van der Waals surface area contributed by atoms with Crippen molar-refractivity contribution >= 4 is 11.4 Å². The van der Waals surface area contributed by atoms with Gasteiger partial charge in [-0.2, -0.15) is 0 Å². The first-order valence-electron chi connectivity index (χ1n) is 10.1. The van der Waals surface area contributed by atoms with Gasteiger partial charge in [-0.25, -0.2) is 0 Å². The Hall–Kier alpha value is -3.78. The summed E-state index contributed by atoms with van der Waals surface area (Å²) in [7, 11) is 0. The summed E-state index contributed by atoms with van der Waals surface area (Å²) in [5.41, 5.74) is 8.36. The van der Waals surface area contributed by atoms with Crippen LogP contribution >= 0.6 is 0 Å². The first-order chi connectivity index (χ1) is 14.7. The van der Waals surface area contributed by atoms with Gasteiger partial charge in [-0.15, -0.1) is 10.2 Å². The van der Waals surface area contributed by atoms with Crippen molar-refractivity contribution < 1.29 is 0 Å². The number of rotatable bonds is 5. The maximum Gasteiger partial charge on any atom is 0.100 e. The molecule has 0 spiro atoms. The van der Waals surface area contributed by atoms with Crippen LogP contribution in [-0.4, -0.2) is 11.4 Å². The van der Waals surface area contributed by atoms with Gasteiger partial charge in [0, 0.05) is 22.3 Å². The van der Waals surface area contributed by atoms with Crippen molar-refractivity contribution in [1.82, 2.24) is 0 Å². The van der Waals surface area contributed by atoms with Crippen molar-refractivity contribution in [2.75, 3.05) is 0 Å². The van der Waals surface area contributed by atoms with E-state index < -0.39 is 0 Å². The van der Waals surface area contributed by atoms with Gasteiger partial charge < -0.3 is 0 Å². The molecule has 0 aliphatic carbocycles. The summed E-state index contributed by atoms with van der Waals surface area (Å²) >= 11 is 0. The molecule has 4 aromatic carbocycles. The van der Waals surface area contributed by atoms with E-state index in [0.717, 1.165) is 33.7 Å². The average molecular weight is 389 g/mol. The molecule has 0 amide bonds. The van der Waals surface area contributed by atoms with Gasteiger partial charge in [-0.05, 0) is 25.0 Å². The van der Waals surface area contributed by atoms with Gasteiger partial charge in [0.15, 0.2) is 0 Å². The van der Waals surface area contributed by atoms with E-state index in [-0.39, 0.29) is 0 Å². The molecule has 146 valence electrons. The van der Waals surface area contributed by atoms with E-state index in [1.807, 2.05) is 60.7 Å². The normalized spacial score (nSPS) is 12.1. The standard InChI is InChI=1S/C28H24N2/c1-21-13-9-11-19-25(21)27(23-15-5-3-6-16-23)29-30-28(24-17-7-4-8-18-24)26-20-12-10-14-22(26)2/h3-20H,1-2H3/b29-27+,30-28+. The predicted octanol–water partition coefficient (Wildman–Crippen LogP) is 6.59. The fourth-order valence-electron chi connectivity index (χ4n) is 3.50. The molecule has 0 heterocycles. The highest BCUT2D eigenvalue weighted by Gasteiger charge is 2.12. The van der Waals surface area contributed by atoms with Gasteiger partial charge in [-0.1, -0.05) is 109 Å². The number of nitrogens with zero attached hydrogens (tertiary/aromatic N) is 2. The van der Waals surface area contributed by atoms with Gasteiger partial charge in [-0.3, -0.25) is 0 Å². The Bertz CT molecular complexity index is 1090. The van der Waals surface area contributed by atoms with Crippen molar-refractivity contribution in [2.45, 2.75) is 13.8 Å². The number of aryl methyl sites for hydroxylation is 2. The first-order valence-corrected chi connectivity index (χ1v) is 10.1. The summed E-state index contributed by atoms with van der Waals surface area (Å²) < 4.78 is 0. The molecule has 30 heavy (non-hydrogen) atoms. The van der Waals surface area contributed by atoms with Crippen LogP contribution in [0.3, 0.4) is 0 Å². The Morgan fingerprint density at radius 3 is 1.13 bits per heavy atom. The van der Waals surface area contributed by atoms with Gasteiger partial charge >= 0.3 is 0 Å². The maximum atomic E-state index is 4.82. The lowest BCUT2D eigenvalue weighted by Gasteiger charge is -2.11. The van der Waals surface area contributed by atoms with E-state index in [9.17, 15) is 0 Å². The van der Waals surface area contributed by atoms with Crippen LogP contribution in [0.1, 0.15) is 33.4 Å². The van der Waals surface area contributed by atoms with Gasteiger partial charge in [0.1, 0.15) is 11.4 Å². The zero-order valence-corrected chi connectivity index (χ0v) is 17.3. The van der Waals surface area contributed by atoms with Crippen LogP contribution in [0.4, 0.5) is 0 Å². The van der Waals surface area contributed by atoms with E-state index in [4.69, 9.17) is 10.2 Å². The minimum atomic E-state index is 0.871. The molecule has 0 atom stereocenters. The molecular weight excluding hydrogens is 364 g/mol. The van der Waals surface area contributed by atoms with Crippen molar-refractivity contribution in [3.63, 3.8) is 0 Å². The summed E-state index contributed by atoms with van der Waals surface area (Å²) in [6.45, 7) is 4.22. The second kappa shape index (κ2) is 9.15. The predicted molar refractivity (Wildman–Crippen MR) is 127 cm³/mol. The third kappa shape index (κ3) is 4.28. The molecule has 0 N–H and O–H groups in total. The molecular formula is C28H24N2. The van der Waals surface area contributed by atoms with Crippen LogP contribution in [0.2, 0.25) is 0 Å². The molecule has 0 saturated heterocycles. The topological polar surface area (TPSA) is 24.7 Å². The third-order valence-corrected chi connectivity index (χ3v) is 5.14. The van der Waals surface area contributed by atoms with Crippen molar-refractivity contribution in [3.8, 4) is 0 Å². The van der Waals surface area contributed by atoms with E-state index >= 15 is 0 Å². The van der Waals surface area contributed by atoms with Crippen LogP contribution in [-0.2, 0) is 0 Å². The zero-order chi connectivity index (χ0) is 20.8. The van der Waals surface area contributed by atoms with Crippen LogP contribution in [0.5, 0.6) is 0 Å². The molecule has 0 aromatic heterocycles. The molecule has 0 radical (unpaired) electrons. The Morgan fingerprint density at radius 2 is 0.767 bits per heavy atom. The van der Waals surface area contributed by atoms with Gasteiger partial charge in [0.2, 0.25) is 0 Å². The van der Waals surface area contributed by atoms with Gasteiger partial charge in [0.05, 0.1) is 0 Å². The molecule has 2 heteroatoms. The molecule has 4 rings (SSSR count). The highest BCUT2D eigenvalue weighted by atomic mass is 15.2. The van der Waals surface area contributed by atoms with Crippen LogP contribution in [0.15, 0.2) is 119 Å². The summed E-state index contributed by atoms with van der Waals surface area (Å²) in [4.78, 5) is 0. The van der Waals surface area contributed by atoms with E-state index in [2.05, 4.69) is 62.4 Å². The number of hydrogen-bond donors (Lipinski definition) is 0. The highest BCUT2D eigenvalue weighted by Crippen LogP contribution is 2.18. The largest absolute Gasteiger partial charge is 0.149 e. The van der Waals surface area contributed by atoms with E-state index in [1.165, 1.54) is 11.1 Å². The Labute approximate surface area is 178 Å². The number of benzene rings is 4. The second-order valence-electron chi connectivity index (χ2n) is 7.26. The Kier molecular flexibility index (Phi) is 5.95. The third-order valence-electron chi connectivity index (χ3n) is 5.14. The number of hydrogen-bond acceptors (Lipinski definition) is 2. The lowest BCUT2D eigenvalue weighted by atomic mass is 9.98. The summed E-state index contributed by atoms with van der Waals surface area (Å²) in [5, 5.41) is 9.65. The van der Waals surface area contributed by atoms with E-state index in [0.29, 0.717) is 0 Å². The molecule has 0 aliphatic heterocycles. The Balaban J connectivity index is 1.93. The summed E-state index contributed by atoms with van der Waals surface area (Å²) in [5.74, 6) is 0. The lowest BCUT2D eigenvalue weighted by molar-refractivity contribution is 1.22. The fourth-order valence-corrected chi connectivity index (χ4v) is 3.50. The molecule has 0 aliphatic rings. The molecule has 0 fully saturated rings. The molecule has 4 aromatic rings. The van der Waals surface area contributed by atoms with Crippen molar-refractivity contribution in [1.29, 1.82) is 0 Å². The van der Waals surface area contributed by atoms with Crippen LogP contribution in [0, 0.1) is 13.8 Å². The first kappa shape index (κ1) is 19.5. The lowest BCUT2D eigenvalue weighted by Crippen LogP contribution is -2.08. The van der Waals surface area contributed by atoms with Crippen molar-refractivity contribution in [3.05, 3.63) is 143 Å². The molecule has 0 bridgehead atoms. The summed E-state index contributed by atoms with van der Waals surface area (Å²) in [6, 6.07) is 37.1. The smallest absolute Gasteiger partial charge is 0.100 e. The fraction of sp³-hybridized carbons (Fsp3) is 0.0714. The highest BCUT2D eigenvalue weighted by molar-refractivity contribution is 6.16. The zero-order valence-electron chi connectivity index (χ0n) is 17.3. The van der Waals surface area contributed by atoms with Gasteiger partial charge in [0.25, 0.3) is 0 Å². The molecule has 2 nitrogen and oxygen atoms in total. The minimum Gasteiger partial charge on any atom is -0.149 e. The quantitative estimate of drug-likeness (QED) is 0.272. The molecule has 0 saturated carbocycles. The second-order valence-corrected chi connectivity index (χ2v) is 7.26. The monoisotopic (exact) mass is 388 g/mol. The van der Waals surface area contributed by atoms with Crippen LogP contribution in [0.25, 0.3) is 0 Å². The van der Waals surface area contributed by atoms with E-state index in [1.54, 1.807) is 0 Å². The van der Waals surface area contributed by atoms with Crippen molar-refractivity contribution in [2.24, 2.45) is 10.2 Å². The molecule has 0 unspecified atom stereocenters. The SMILES string of the molecule is Cc1ccccc1/C(=N/N=C(\c1ccccc1)c1ccccc1C)c1ccccc1.